The molecule has 0 radical (unpaired) electrons. The Morgan fingerprint density at radius 1 is 0.705 bits per heavy atom. The number of ether oxygens (including phenoxy) is 2. The van der Waals surface area contributed by atoms with Crippen LogP contribution in [0.2, 0.25) is 0 Å². The maximum atomic E-state index is 13.7. The number of carbonyl (C=O) groups excluding carboxylic acids is 1. The molecule has 0 saturated heterocycles. The molecule has 0 spiro atoms. The Morgan fingerprint density at radius 2 is 1.11 bits per heavy atom. The Labute approximate surface area is 261 Å². The lowest BCUT2D eigenvalue weighted by Gasteiger charge is -2.37. The van der Waals surface area contributed by atoms with Gasteiger partial charge in [0.15, 0.2) is 12.5 Å². The first-order chi connectivity index (χ1) is 21.2. The molecule has 2 aromatic heterocycles. The molecule has 4 atom stereocenters. The van der Waals surface area contributed by atoms with Crippen LogP contribution in [0.15, 0.2) is 61.2 Å². The first-order valence-corrected chi connectivity index (χ1v) is 16.3. The molecule has 2 aliphatic rings. The van der Waals surface area contributed by atoms with Crippen LogP contribution >= 0.6 is 0 Å². The van der Waals surface area contributed by atoms with Crippen molar-refractivity contribution >= 4 is 6.16 Å². The van der Waals surface area contributed by atoms with E-state index in [0.29, 0.717) is 0 Å². The fourth-order valence-corrected chi connectivity index (χ4v) is 6.95. The topological polar surface area (TPSA) is 71.2 Å². The van der Waals surface area contributed by atoms with Crippen molar-refractivity contribution in [2.24, 2.45) is 11.8 Å². The maximum Gasteiger partial charge on any atom is 0.512 e. The van der Waals surface area contributed by atoms with Crippen molar-refractivity contribution in [2.45, 2.75) is 104 Å². The van der Waals surface area contributed by atoms with Crippen molar-refractivity contribution in [2.75, 3.05) is 0 Å². The predicted octanol–water partition coefficient (Wildman–Crippen LogP) is 9.07. The molecule has 4 aromatic rings. The van der Waals surface area contributed by atoms with Gasteiger partial charge in [0.25, 0.3) is 0 Å². The summed E-state index contributed by atoms with van der Waals surface area (Å²) in [6, 6.07) is 12.8. The third-order valence-corrected chi connectivity index (χ3v) is 10.5. The number of hydrogen-bond donors (Lipinski definition) is 0. The molecule has 7 heteroatoms. The summed E-state index contributed by atoms with van der Waals surface area (Å²) in [6.07, 6.45) is 12.3. The summed E-state index contributed by atoms with van der Waals surface area (Å²) in [5.41, 5.74) is 7.53. The predicted molar refractivity (Wildman–Crippen MR) is 172 cm³/mol. The van der Waals surface area contributed by atoms with Crippen LogP contribution < -0.4 is 0 Å². The number of nitrogens with zero attached hydrogens (tertiary/aromatic N) is 4. The molecule has 232 valence electrons. The Hall–Kier alpha value is -3.87. The molecule has 4 unspecified atom stereocenters. The molecule has 0 amide bonds. The normalized spacial score (nSPS) is 18.1. The molecular formula is C37H46N4O3. The van der Waals surface area contributed by atoms with E-state index in [0.717, 1.165) is 50.2 Å². The molecule has 0 N–H and O–H groups in total. The summed E-state index contributed by atoms with van der Waals surface area (Å²) in [6.45, 7) is 13.0. The lowest BCUT2D eigenvalue weighted by atomic mass is 9.83. The van der Waals surface area contributed by atoms with Crippen LogP contribution in [-0.4, -0.2) is 25.3 Å². The molecule has 6 rings (SSSR count). The summed E-state index contributed by atoms with van der Waals surface area (Å²) in [4.78, 5) is 23.3. The second kappa shape index (κ2) is 12.6. The third kappa shape index (κ3) is 5.69. The van der Waals surface area contributed by atoms with Gasteiger partial charge in [-0.1, -0.05) is 63.1 Å². The minimum atomic E-state index is -0.628. The minimum Gasteiger partial charge on any atom is -0.409 e. The van der Waals surface area contributed by atoms with Gasteiger partial charge >= 0.3 is 6.16 Å². The number of aryl methyl sites for hydroxylation is 2. The van der Waals surface area contributed by atoms with E-state index < -0.39 is 18.6 Å². The van der Waals surface area contributed by atoms with Gasteiger partial charge in [0, 0.05) is 48.5 Å². The van der Waals surface area contributed by atoms with Crippen LogP contribution in [0, 0.1) is 39.5 Å². The van der Waals surface area contributed by atoms with Crippen molar-refractivity contribution in [1.82, 2.24) is 19.1 Å². The van der Waals surface area contributed by atoms with Gasteiger partial charge in [0.05, 0.1) is 0 Å². The first kappa shape index (κ1) is 30.2. The molecule has 0 aliphatic heterocycles. The van der Waals surface area contributed by atoms with Crippen molar-refractivity contribution in [1.29, 1.82) is 0 Å². The monoisotopic (exact) mass is 594 g/mol. The Balaban J connectivity index is 1.25. The first-order valence-electron chi connectivity index (χ1n) is 16.3. The summed E-state index contributed by atoms with van der Waals surface area (Å²) >= 11 is 0. The standard InChI is InChI=1S/C37H46N4O3/c1-23-11-7-17-31(25(23)3)27(5)33-38-19-21-40(33)35(29-13-9-14-29)43-37(42)44-36(30-15-10-16-30)41-22-20-39-34(41)28(6)32-18-8-12-24(2)26(32)4/h7-8,11-12,17-22,27-30,35-36H,9-10,13-16H2,1-6H3. The highest BCUT2D eigenvalue weighted by molar-refractivity contribution is 5.60. The highest BCUT2D eigenvalue weighted by atomic mass is 16.7. The van der Waals surface area contributed by atoms with E-state index in [9.17, 15) is 4.79 Å². The lowest BCUT2D eigenvalue weighted by molar-refractivity contribution is -0.0954. The second-order valence-corrected chi connectivity index (χ2v) is 13.1. The van der Waals surface area contributed by atoms with Crippen LogP contribution in [0.25, 0.3) is 0 Å². The second-order valence-electron chi connectivity index (χ2n) is 13.1. The number of benzene rings is 2. The number of rotatable bonds is 10. The zero-order valence-corrected chi connectivity index (χ0v) is 27.0. The van der Waals surface area contributed by atoms with E-state index in [2.05, 4.69) is 87.1 Å². The van der Waals surface area contributed by atoms with E-state index in [4.69, 9.17) is 19.4 Å². The van der Waals surface area contributed by atoms with Crippen LogP contribution in [0.3, 0.4) is 0 Å². The highest BCUT2D eigenvalue weighted by Crippen LogP contribution is 2.42. The fraction of sp³-hybridized carbons (Fsp3) is 0.486. The van der Waals surface area contributed by atoms with E-state index >= 15 is 0 Å². The quantitative estimate of drug-likeness (QED) is 0.171. The van der Waals surface area contributed by atoms with Crippen molar-refractivity contribution in [3.05, 3.63) is 106 Å². The molecule has 7 nitrogen and oxygen atoms in total. The smallest absolute Gasteiger partial charge is 0.409 e. The summed E-state index contributed by atoms with van der Waals surface area (Å²) < 4.78 is 16.7. The zero-order chi connectivity index (χ0) is 31.0. The SMILES string of the molecule is Cc1cccc(C(C)c2nccn2C(OC(=O)OC(C2CCC2)n2ccnc2C(C)c2cccc(C)c2C)C2CCC2)c1C. The average molecular weight is 595 g/mol. The van der Waals surface area contributed by atoms with E-state index in [1.165, 1.54) is 33.4 Å². The van der Waals surface area contributed by atoms with Gasteiger partial charge in [-0.25, -0.2) is 14.8 Å². The molecule has 2 fully saturated rings. The molecule has 2 heterocycles. The largest absolute Gasteiger partial charge is 0.512 e. The number of aromatic nitrogens is 4. The average Bonchev–Trinajstić information content (AvgIpc) is 3.63. The van der Waals surface area contributed by atoms with Crippen LogP contribution in [-0.2, 0) is 9.47 Å². The van der Waals surface area contributed by atoms with Crippen molar-refractivity contribution in [3.8, 4) is 0 Å². The van der Waals surface area contributed by atoms with Gasteiger partial charge in [-0.15, -0.1) is 0 Å². The molecular weight excluding hydrogens is 548 g/mol. The van der Waals surface area contributed by atoms with Gasteiger partial charge in [-0.3, -0.25) is 9.13 Å². The van der Waals surface area contributed by atoms with Crippen molar-refractivity contribution in [3.63, 3.8) is 0 Å². The Bertz CT molecular complexity index is 1490. The number of imidazole rings is 2. The summed E-state index contributed by atoms with van der Waals surface area (Å²) in [5, 5.41) is 0. The Kier molecular flexibility index (Phi) is 8.66. The molecule has 2 aliphatic carbocycles. The van der Waals surface area contributed by atoms with Gasteiger partial charge < -0.3 is 9.47 Å². The van der Waals surface area contributed by atoms with E-state index in [1.807, 2.05) is 24.8 Å². The molecule has 2 aromatic carbocycles. The lowest BCUT2D eigenvalue weighted by Crippen LogP contribution is -2.34. The van der Waals surface area contributed by atoms with Crippen LogP contribution in [0.5, 0.6) is 0 Å². The van der Waals surface area contributed by atoms with Crippen molar-refractivity contribution < 1.29 is 14.3 Å². The molecule has 2 saturated carbocycles. The summed E-state index contributed by atoms with van der Waals surface area (Å²) in [7, 11) is 0. The third-order valence-electron chi connectivity index (χ3n) is 10.5. The van der Waals surface area contributed by atoms with Crippen LogP contribution in [0.4, 0.5) is 4.79 Å². The highest BCUT2D eigenvalue weighted by Gasteiger charge is 2.38. The molecule has 44 heavy (non-hydrogen) atoms. The van der Waals surface area contributed by atoms with Gasteiger partial charge in [-0.05, 0) is 86.8 Å². The Morgan fingerprint density at radius 3 is 1.48 bits per heavy atom. The minimum absolute atomic E-state index is 0.0508. The van der Waals surface area contributed by atoms with Gasteiger partial charge in [-0.2, -0.15) is 0 Å². The van der Waals surface area contributed by atoms with E-state index in [1.54, 1.807) is 0 Å². The summed E-state index contributed by atoms with van der Waals surface area (Å²) in [5.74, 6) is 2.37. The maximum absolute atomic E-state index is 13.7. The van der Waals surface area contributed by atoms with Gasteiger partial charge in [0.2, 0.25) is 0 Å². The number of hydrogen-bond acceptors (Lipinski definition) is 5. The van der Waals surface area contributed by atoms with Crippen LogP contribution in [0.1, 0.15) is 122 Å². The molecule has 0 bridgehead atoms. The number of carbonyl (C=O) groups is 1. The fourth-order valence-electron chi connectivity index (χ4n) is 6.95. The van der Waals surface area contributed by atoms with E-state index in [-0.39, 0.29) is 23.7 Å². The van der Waals surface area contributed by atoms with Gasteiger partial charge in [0.1, 0.15) is 11.6 Å². The zero-order valence-electron chi connectivity index (χ0n) is 27.0.